The molecule has 5 aromatic rings. The third kappa shape index (κ3) is 5.37. The molecule has 0 fully saturated rings. The number of alkyl halides is 3. The van der Waals surface area contributed by atoms with Crippen LogP contribution in [0.5, 0.6) is 5.75 Å². The largest absolute Gasteiger partial charge is 0.534 e. The monoisotopic (exact) mass is 595 g/mol. The average Bonchev–Trinajstić information content (AvgIpc) is 2.99. The molecule has 0 amide bonds. The Morgan fingerprint density at radius 3 is 2.05 bits per heavy atom. The molecule has 0 radical (unpaired) electrons. The second-order valence-corrected chi connectivity index (χ2v) is 11.4. The van der Waals surface area contributed by atoms with Crippen molar-refractivity contribution in [3.05, 3.63) is 96.6 Å². The molecule has 2 N–H and O–H groups in total. The summed E-state index contributed by atoms with van der Waals surface area (Å²) in [6.07, 6.45) is 0.897. The standard InChI is InChI=1S/C31H28F3N3O4S/c1-3-30(38,4-2)28(21-13-6-5-7-14-21)35-29-24-17-11-10-16-23(24)27(36-37-29)26-22-15-9-8-12-20(22)18-19-25(26)41-42(39,40)31(32,33)34/h5-19,28,38H,3-4H2,1-2H3,(H,35,37)/t28-/m1/s1. The molecular formula is C31H28F3N3O4S. The highest BCUT2D eigenvalue weighted by atomic mass is 32.2. The molecule has 0 saturated heterocycles. The van der Waals surface area contributed by atoms with Gasteiger partial charge in [-0.25, -0.2) is 0 Å². The van der Waals surface area contributed by atoms with Crippen molar-refractivity contribution < 1.29 is 30.9 Å². The van der Waals surface area contributed by atoms with E-state index in [1.54, 1.807) is 48.5 Å². The zero-order chi connectivity index (χ0) is 30.1. The highest BCUT2D eigenvalue weighted by molar-refractivity contribution is 7.88. The van der Waals surface area contributed by atoms with E-state index in [9.17, 15) is 26.7 Å². The Morgan fingerprint density at radius 1 is 0.810 bits per heavy atom. The lowest BCUT2D eigenvalue weighted by atomic mass is 9.84. The van der Waals surface area contributed by atoms with Gasteiger partial charge in [0.25, 0.3) is 0 Å². The Kier molecular flexibility index (Phi) is 7.82. The molecule has 0 bridgehead atoms. The van der Waals surface area contributed by atoms with Gasteiger partial charge < -0.3 is 14.6 Å². The molecule has 1 heterocycles. The van der Waals surface area contributed by atoms with Crippen LogP contribution in [-0.4, -0.2) is 34.8 Å². The van der Waals surface area contributed by atoms with Crippen LogP contribution in [0, 0.1) is 0 Å². The lowest BCUT2D eigenvalue weighted by Gasteiger charge is -2.36. The summed E-state index contributed by atoms with van der Waals surface area (Å²) in [4.78, 5) is 0. The Morgan fingerprint density at radius 2 is 1.40 bits per heavy atom. The number of halogens is 3. The van der Waals surface area contributed by atoms with E-state index in [4.69, 9.17) is 0 Å². The maximum atomic E-state index is 13.3. The second kappa shape index (κ2) is 11.2. The van der Waals surface area contributed by atoms with E-state index in [1.807, 2.05) is 44.2 Å². The Balaban J connectivity index is 1.72. The minimum absolute atomic E-state index is 0.0504. The summed E-state index contributed by atoms with van der Waals surface area (Å²) in [5.74, 6) is -0.186. The molecule has 5 rings (SSSR count). The van der Waals surface area contributed by atoms with E-state index in [2.05, 4.69) is 19.7 Å². The Bertz CT molecular complexity index is 1840. The summed E-state index contributed by atoms with van der Waals surface area (Å²) in [5, 5.41) is 25.9. The molecule has 7 nitrogen and oxygen atoms in total. The van der Waals surface area contributed by atoms with Gasteiger partial charge in [0.05, 0.1) is 17.2 Å². The number of nitrogens with zero attached hydrogens (tertiary/aromatic N) is 2. The van der Waals surface area contributed by atoms with Gasteiger partial charge in [0.1, 0.15) is 5.69 Å². The molecule has 0 unspecified atom stereocenters. The minimum atomic E-state index is -5.97. The Hall–Kier alpha value is -4.22. The lowest BCUT2D eigenvalue weighted by Crippen LogP contribution is -2.39. The quantitative estimate of drug-likeness (QED) is 0.135. The molecule has 4 aromatic carbocycles. The van der Waals surface area contributed by atoms with Crippen molar-refractivity contribution in [3.63, 3.8) is 0 Å². The summed E-state index contributed by atoms with van der Waals surface area (Å²) >= 11 is 0. The first-order valence-electron chi connectivity index (χ1n) is 13.3. The summed E-state index contributed by atoms with van der Waals surface area (Å²) in [6, 6.07) is 25.3. The number of benzene rings is 4. The highest BCUT2D eigenvalue weighted by Crippen LogP contribution is 2.43. The minimum Gasteiger partial charge on any atom is -0.387 e. The predicted molar refractivity (Wildman–Crippen MR) is 156 cm³/mol. The topological polar surface area (TPSA) is 101 Å². The van der Waals surface area contributed by atoms with E-state index < -0.39 is 33.0 Å². The van der Waals surface area contributed by atoms with Gasteiger partial charge in [-0.3, -0.25) is 0 Å². The van der Waals surface area contributed by atoms with Crippen LogP contribution < -0.4 is 9.50 Å². The first-order valence-corrected chi connectivity index (χ1v) is 14.7. The van der Waals surface area contributed by atoms with Crippen LogP contribution in [-0.2, 0) is 10.1 Å². The maximum Gasteiger partial charge on any atom is 0.534 e. The molecule has 0 aliphatic rings. The van der Waals surface area contributed by atoms with Gasteiger partial charge in [-0.15, -0.1) is 10.2 Å². The van der Waals surface area contributed by atoms with Gasteiger partial charge in [-0.1, -0.05) is 98.8 Å². The summed E-state index contributed by atoms with van der Waals surface area (Å²) < 4.78 is 68.7. The van der Waals surface area contributed by atoms with Gasteiger partial charge in [0.2, 0.25) is 0 Å². The number of hydrogen-bond acceptors (Lipinski definition) is 7. The van der Waals surface area contributed by atoms with E-state index >= 15 is 0 Å². The van der Waals surface area contributed by atoms with Crippen LogP contribution in [0.2, 0.25) is 0 Å². The van der Waals surface area contributed by atoms with E-state index in [-0.39, 0.29) is 11.3 Å². The molecule has 0 saturated carbocycles. The van der Waals surface area contributed by atoms with Gasteiger partial charge in [0.15, 0.2) is 11.6 Å². The van der Waals surface area contributed by atoms with Crippen LogP contribution in [0.15, 0.2) is 91.0 Å². The Labute approximate surface area is 241 Å². The molecule has 0 spiro atoms. The van der Waals surface area contributed by atoms with Gasteiger partial charge in [-0.05, 0) is 35.2 Å². The predicted octanol–water partition coefficient (Wildman–Crippen LogP) is 7.38. The van der Waals surface area contributed by atoms with Crippen LogP contribution >= 0.6 is 0 Å². The summed E-state index contributed by atoms with van der Waals surface area (Å²) in [7, 11) is -5.97. The number of anilines is 1. The van der Waals surface area contributed by atoms with Crippen molar-refractivity contribution in [3.8, 4) is 17.0 Å². The van der Waals surface area contributed by atoms with Crippen molar-refractivity contribution in [1.29, 1.82) is 0 Å². The highest BCUT2D eigenvalue weighted by Gasteiger charge is 2.49. The lowest BCUT2D eigenvalue weighted by molar-refractivity contribution is -0.0499. The molecule has 1 atom stereocenters. The summed E-state index contributed by atoms with van der Waals surface area (Å²) in [6.45, 7) is 3.79. The molecule has 42 heavy (non-hydrogen) atoms. The second-order valence-electron chi connectivity index (χ2n) is 9.88. The molecule has 0 aliphatic heterocycles. The van der Waals surface area contributed by atoms with E-state index in [1.165, 1.54) is 12.1 Å². The third-order valence-electron chi connectivity index (χ3n) is 7.47. The fraction of sp³-hybridized carbons (Fsp3) is 0.226. The molecule has 0 aliphatic carbocycles. The SMILES string of the molecule is CCC(O)(CC)[C@H](Nc1nnc(-c2c(OS(=O)(=O)C(F)(F)F)ccc3ccccc23)c2ccccc12)c1ccccc1. The first-order chi connectivity index (χ1) is 20.0. The van der Waals surface area contributed by atoms with Crippen LogP contribution in [0.4, 0.5) is 19.0 Å². The van der Waals surface area contributed by atoms with Crippen LogP contribution in [0.25, 0.3) is 32.8 Å². The fourth-order valence-electron chi connectivity index (χ4n) is 5.09. The molecule has 1 aromatic heterocycles. The molecular weight excluding hydrogens is 567 g/mol. The van der Waals surface area contributed by atoms with Gasteiger partial charge in [0, 0.05) is 10.8 Å². The number of fused-ring (bicyclic) bond motifs is 2. The number of aliphatic hydroxyl groups is 1. The van der Waals surface area contributed by atoms with Crippen molar-refractivity contribution in [2.24, 2.45) is 0 Å². The number of aromatic nitrogens is 2. The van der Waals surface area contributed by atoms with Crippen molar-refractivity contribution >= 4 is 37.5 Å². The van der Waals surface area contributed by atoms with Crippen molar-refractivity contribution in [2.45, 2.75) is 43.8 Å². The third-order valence-corrected chi connectivity index (χ3v) is 8.44. The van der Waals surface area contributed by atoms with Gasteiger partial charge in [-0.2, -0.15) is 21.6 Å². The number of rotatable bonds is 9. The smallest absolute Gasteiger partial charge is 0.387 e. The summed E-state index contributed by atoms with van der Waals surface area (Å²) in [5.41, 5.74) is -5.74. The van der Waals surface area contributed by atoms with E-state index in [0.717, 1.165) is 5.56 Å². The van der Waals surface area contributed by atoms with Crippen molar-refractivity contribution in [2.75, 3.05) is 5.32 Å². The number of hydrogen-bond donors (Lipinski definition) is 2. The van der Waals surface area contributed by atoms with E-state index in [0.29, 0.717) is 40.2 Å². The zero-order valence-electron chi connectivity index (χ0n) is 22.8. The normalized spacial score (nSPS) is 13.3. The van der Waals surface area contributed by atoms with Crippen LogP contribution in [0.3, 0.4) is 0 Å². The molecule has 11 heteroatoms. The average molecular weight is 596 g/mol. The van der Waals surface area contributed by atoms with Crippen LogP contribution in [0.1, 0.15) is 38.3 Å². The van der Waals surface area contributed by atoms with Crippen molar-refractivity contribution in [1.82, 2.24) is 10.2 Å². The number of nitrogens with one attached hydrogen (secondary N) is 1. The fourth-order valence-corrected chi connectivity index (χ4v) is 5.56. The maximum absolute atomic E-state index is 13.3. The van der Waals surface area contributed by atoms with Gasteiger partial charge >= 0.3 is 15.6 Å². The molecule has 218 valence electrons. The zero-order valence-corrected chi connectivity index (χ0v) is 23.6. The first kappa shape index (κ1) is 29.3.